The molecular formula is C18H27NO. The van der Waals surface area contributed by atoms with Crippen LogP contribution < -0.4 is 10.5 Å². The minimum Gasteiger partial charge on any atom is -0.496 e. The van der Waals surface area contributed by atoms with Crippen LogP contribution >= 0.6 is 0 Å². The van der Waals surface area contributed by atoms with E-state index in [4.69, 9.17) is 10.5 Å². The molecule has 2 heteroatoms. The first-order chi connectivity index (χ1) is 9.63. The molecule has 0 amide bonds. The summed E-state index contributed by atoms with van der Waals surface area (Å²) in [6.07, 6.45) is 9.65. The predicted octanol–water partition coefficient (Wildman–Crippen LogP) is 3.94. The van der Waals surface area contributed by atoms with E-state index < -0.39 is 0 Å². The Bertz CT molecular complexity index is 480. The zero-order chi connectivity index (χ0) is 14.2. The van der Waals surface area contributed by atoms with Gasteiger partial charge in [0.05, 0.1) is 7.11 Å². The Kier molecular flexibility index (Phi) is 3.53. The first kappa shape index (κ1) is 13.9. The fourth-order valence-corrected chi connectivity index (χ4v) is 4.66. The molecule has 0 unspecified atom stereocenters. The molecule has 2 N–H and O–H groups in total. The quantitative estimate of drug-likeness (QED) is 0.905. The zero-order valence-electron chi connectivity index (χ0n) is 12.9. The molecule has 2 saturated carbocycles. The molecule has 3 rings (SSSR count). The lowest BCUT2D eigenvalue weighted by molar-refractivity contribution is -0.00843. The highest BCUT2D eigenvalue weighted by atomic mass is 16.5. The maximum atomic E-state index is 6.18. The van der Waals surface area contributed by atoms with Crippen LogP contribution in [-0.2, 0) is 5.41 Å². The van der Waals surface area contributed by atoms with E-state index in [2.05, 4.69) is 25.1 Å². The average molecular weight is 273 g/mol. The molecule has 0 saturated heterocycles. The predicted molar refractivity (Wildman–Crippen MR) is 83.2 cm³/mol. The smallest absolute Gasteiger partial charge is 0.122 e. The second kappa shape index (κ2) is 5.07. The van der Waals surface area contributed by atoms with Gasteiger partial charge in [-0.15, -0.1) is 0 Å². The number of benzene rings is 1. The standard InChI is InChI=1S/C18H27NO/c1-14-6-7-15(10-16(14)20-2)18(13-19)11-17(12-18)8-4-3-5-9-17/h6-7,10H,3-5,8-9,11-13,19H2,1-2H3. The zero-order valence-corrected chi connectivity index (χ0v) is 12.9. The van der Waals surface area contributed by atoms with Crippen molar-refractivity contribution < 1.29 is 4.74 Å². The lowest BCUT2D eigenvalue weighted by Crippen LogP contribution is -2.54. The fraction of sp³-hybridized carbons (Fsp3) is 0.667. The number of nitrogens with two attached hydrogens (primary N) is 1. The van der Waals surface area contributed by atoms with Gasteiger partial charge in [-0.2, -0.15) is 0 Å². The molecule has 2 nitrogen and oxygen atoms in total. The van der Waals surface area contributed by atoms with Gasteiger partial charge in [0.15, 0.2) is 0 Å². The number of ether oxygens (including phenoxy) is 1. The third-order valence-corrected chi connectivity index (χ3v) is 5.75. The van der Waals surface area contributed by atoms with Crippen molar-refractivity contribution >= 4 is 0 Å². The SMILES string of the molecule is COc1cc(C2(CN)CC3(CCCCC3)C2)ccc1C. The molecule has 0 aromatic heterocycles. The summed E-state index contributed by atoms with van der Waals surface area (Å²) in [7, 11) is 1.75. The van der Waals surface area contributed by atoms with Gasteiger partial charge < -0.3 is 10.5 Å². The van der Waals surface area contributed by atoms with Gasteiger partial charge in [0.2, 0.25) is 0 Å². The maximum Gasteiger partial charge on any atom is 0.122 e. The topological polar surface area (TPSA) is 35.2 Å². The molecule has 2 aliphatic rings. The lowest BCUT2D eigenvalue weighted by Gasteiger charge is -2.58. The second-order valence-corrected chi connectivity index (χ2v) is 7.08. The van der Waals surface area contributed by atoms with Crippen LogP contribution in [0.25, 0.3) is 0 Å². The van der Waals surface area contributed by atoms with Gasteiger partial charge in [-0.05, 0) is 55.2 Å². The summed E-state index contributed by atoms with van der Waals surface area (Å²) in [6, 6.07) is 6.66. The summed E-state index contributed by atoms with van der Waals surface area (Å²) in [4.78, 5) is 0. The summed E-state index contributed by atoms with van der Waals surface area (Å²) in [6.45, 7) is 2.86. The molecule has 1 spiro atoms. The highest BCUT2D eigenvalue weighted by molar-refractivity contribution is 5.42. The largest absolute Gasteiger partial charge is 0.496 e. The summed E-state index contributed by atoms with van der Waals surface area (Å²) in [5.74, 6) is 1.000. The first-order valence-corrected chi connectivity index (χ1v) is 7.98. The molecule has 1 aromatic rings. The highest BCUT2D eigenvalue weighted by Gasteiger charge is 2.54. The van der Waals surface area contributed by atoms with Gasteiger partial charge in [0, 0.05) is 12.0 Å². The van der Waals surface area contributed by atoms with Crippen LogP contribution in [0.4, 0.5) is 0 Å². The molecule has 20 heavy (non-hydrogen) atoms. The summed E-state index contributed by atoms with van der Waals surface area (Å²) in [5.41, 5.74) is 9.58. The molecule has 0 bridgehead atoms. The van der Waals surface area contributed by atoms with E-state index in [0.717, 1.165) is 12.3 Å². The van der Waals surface area contributed by atoms with Crippen molar-refractivity contribution in [1.29, 1.82) is 0 Å². The van der Waals surface area contributed by atoms with Gasteiger partial charge in [0.25, 0.3) is 0 Å². The fourth-order valence-electron chi connectivity index (χ4n) is 4.66. The molecule has 0 radical (unpaired) electrons. The van der Waals surface area contributed by atoms with Crippen molar-refractivity contribution in [3.8, 4) is 5.75 Å². The van der Waals surface area contributed by atoms with E-state index in [1.54, 1.807) is 7.11 Å². The molecule has 1 aromatic carbocycles. The molecular weight excluding hydrogens is 246 g/mol. The van der Waals surface area contributed by atoms with Crippen LogP contribution in [-0.4, -0.2) is 13.7 Å². The van der Waals surface area contributed by atoms with Crippen LogP contribution in [0, 0.1) is 12.3 Å². The van der Waals surface area contributed by atoms with Crippen LogP contribution in [0.1, 0.15) is 56.1 Å². The molecule has 0 heterocycles. The molecule has 0 aliphatic heterocycles. The van der Waals surface area contributed by atoms with Crippen molar-refractivity contribution in [3.05, 3.63) is 29.3 Å². The average Bonchev–Trinajstić information content (AvgIpc) is 2.46. The third-order valence-electron chi connectivity index (χ3n) is 5.75. The van der Waals surface area contributed by atoms with Gasteiger partial charge in [0.1, 0.15) is 5.75 Å². The lowest BCUT2D eigenvalue weighted by atomic mass is 9.46. The maximum absolute atomic E-state index is 6.18. The molecule has 0 atom stereocenters. The van der Waals surface area contributed by atoms with E-state index in [9.17, 15) is 0 Å². The first-order valence-electron chi connectivity index (χ1n) is 7.98. The van der Waals surface area contributed by atoms with Gasteiger partial charge >= 0.3 is 0 Å². The van der Waals surface area contributed by atoms with Crippen molar-refractivity contribution in [3.63, 3.8) is 0 Å². The summed E-state index contributed by atoms with van der Waals surface area (Å²) < 4.78 is 5.49. The van der Waals surface area contributed by atoms with E-state index in [-0.39, 0.29) is 5.41 Å². The Morgan fingerprint density at radius 1 is 1.15 bits per heavy atom. The van der Waals surface area contributed by atoms with E-state index in [1.165, 1.54) is 56.1 Å². The number of hydrogen-bond acceptors (Lipinski definition) is 2. The van der Waals surface area contributed by atoms with E-state index in [1.807, 2.05) is 0 Å². The molecule has 2 aliphatic carbocycles. The van der Waals surface area contributed by atoms with Gasteiger partial charge in [-0.1, -0.05) is 31.4 Å². The Morgan fingerprint density at radius 2 is 1.85 bits per heavy atom. The van der Waals surface area contributed by atoms with Crippen LogP contribution in [0.15, 0.2) is 18.2 Å². The van der Waals surface area contributed by atoms with Crippen LogP contribution in [0.2, 0.25) is 0 Å². The summed E-state index contributed by atoms with van der Waals surface area (Å²) in [5, 5.41) is 0. The Morgan fingerprint density at radius 3 is 2.45 bits per heavy atom. The van der Waals surface area contributed by atoms with E-state index >= 15 is 0 Å². The van der Waals surface area contributed by atoms with Crippen molar-refractivity contribution in [2.24, 2.45) is 11.1 Å². The van der Waals surface area contributed by atoms with Crippen molar-refractivity contribution in [1.82, 2.24) is 0 Å². The Labute approximate surface area is 122 Å². The van der Waals surface area contributed by atoms with Gasteiger partial charge in [-0.3, -0.25) is 0 Å². The minimum atomic E-state index is 0.207. The Hall–Kier alpha value is -1.02. The third kappa shape index (κ3) is 2.14. The minimum absolute atomic E-state index is 0.207. The second-order valence-electron chi connectivity index (χ2n) is 7.08. The normalized spacial score (nSPS) is 23.4. The number of hydrogen-bond donors (Lipinski definition) is 1. The van der Waals surface area contributed by atoms with Gasteiger partial charge in [-0.25, -0.2) is 0 Å². The number of methoxy groups -OCH3 is 1. The van der Waals surface area contributed by atoms with Crippen LogP contribution in [0.3, 0.4) is 0 Å². The van der Waals surface area contributed by atoms with Crippen molar-refractivity contribution in [2.75, 3.05) is 13.7 Å². The molecule has 2 fully saturated rings. The number of rotatable bonds is 3. The Balaban J connectivity index is 1.84. The van der Waals surface area contributed by atoms with E-state index in [0.29, 0.717) is 5.41 Å². The molecule has 110 valence electrons. The highest BCUT2D eigenvalue weighted by Crippen LogP contribution is 2.61. The monoisotopic (exact) mass is 273 g/mol. The van der Waals surface area contributed by atoms with Crippen molar-refractivity contribution in [2.45, 2.75) is 57.3 Å². The van der Waals surface area contributed by atoms with Crippen LogP contribution in [0.5, 0.6) is 5.75 Å². The summed E-state index contributed by atoms with van der Waals surface area (Å²) >= 11 is 0. The number of aryl methyl sites for hydroxylation is 1.